The molecule has 1 atom stereocenters. The van der Waals surface area contributed by atoms with E-state index in [0.29, 0.717) is 32.7 Å². The van der Waals surface area contributed by atoms with Gasteiger partial charge in [0.2, 0.25) is 0 Å². The topological polar surface area (TPSA) is 48.0 Å². The zero-order valence-electron chi connectivity index (χ0n) is 11.6. The molecular weight excluding hydrogens is 222 g/mol. The molecule has 0 fully saturated rings. The maximum Gasteiger partial charge on any atom is 0.254 e. The molecule has 0 aromatic carbocycles. The molecule has 0 aliphatic carbocycles. The molecular formula is C12H25NO4. The van der Waals surface area contributed by atoms with Crippen LogP contribution in [-0.4, -0.2) is 64.0 Å². The second kappa shape index (κ2) is 8.44. The summed E-state index contributed by atoms with van der Waals surface area (Å²) < 4.78 is 15.3. The molecule has 5 heteroatoms. The first-order valence-corrected chi connectivity index (χ1v) is 5.88. The monoisotopic (exact) mass is 247 g/mol. The Morgan fingerprint density at radius 3 is 1.88 bits per heavy atom. The van der Waals surface area contributed by atoms with E-state index in [9.17, 15) is 4.79 Å². The van der Waals surface area contributed by atoms with Gasteiger partial charge in [-0.05, 0) is 13.3 Å². The number of nitrogens with zero attached hydrogens (tertiary/aromatic N) is 1. The maximum absolute atomic E-state index is 12.3. The molecule has 0 aromatic rings. The average molecular weight is 247 g/mol. The van der Waals surface area contributed by atoms with Gasteiger partial charge in [0.1, 0.15) is 5.60 Å². The van der Waals surface area contributed by atoms with Crippen molar-refractivity contribution in [3.63, 3.8) is 0 Å². The molecule has 17 heavy (non-hydrogen) atoms. The van der Waals surface area contributed by atoms with Crippen LogP contribution >= 0.6 is 0 Å². The van der Waals surface area contributed by atoms with Crippen molar-refractivity contribution in [1.82, 2.24) is 4.90 Å². The third kappa shape index (κ3) is 5.02. The molecule has 1 amide bonds. The number of hydrogen-bond acceptors (Lipinski definition) is 4. The molecule has 0 aromatic heterocycles. The van der Waals surface area contributed by atoms with Crippen molar-refractivity contribution in [3.8, 4) is 0 Å². The number of methoxy groups -OCH3 is 3. The second-order valence-corrected chi connectivity index (χ2v) is 4.07. The van der Waals surface area contributed by atoms with Crippen molar-refractivity contribution in [1.29, 1.82) is 0 Å². The predicted molar refractivity (Wildman–Crippen MR) is 66.0 cm³/mol. The summed E-state index contributed by atoms with van der Waals surface area (Å²) in [6.45, 7) is 5.88. The molecule has 0 N–H and O–H groups in total. The molecule has 0 saturated heterocycles. The average Bonchev–Trinajstić information content (AvgIpc) is 2.37. The van der Waals surface area contributed by atoms with E-state index < -0.39 is 5.60 Å². The summed E-state index contributed by atoms with van der Waals surface area (Å²) in [5.41, 5.74) is -0.762. The fourth-order valence-corrected chi connectivity index (χ4v) is 1.44. The molecule has 0 aliphatic heterocycles. The van der Waals surface area contributed by atoms with Crippen LogP contribution in [0.1, 0.15) is 20.3 Å². The lowest BCUT2D eigenvalue weighted by atomic mass is 10.0. The van der Waals surface area contributed by atoms with Gasteiger partial charge in [0.25, 0.3) is 5.91 Å². The maximum atomic E-state index is 12.3. The van der Waals surface area contributed by atoms with Crippen LogP contribution in [0.3, 0.4) is 0 Å². The molecule has 102 valence electrons. The first kappa shape index (κ1) is 16.4. The van der Waals surface area contributed by atoms with E-state index in [-0.39, 0.29) is 5.91 Å². The zero-order chi connectivity index (χ0) is 13.3. The number of ether oxygens (including phenoxy) is 3. The minimum atomic E-state index is -0.762. The largest absolute Gasteiger partial charge is 0.383 e. The van der Waals surface area contributed by atoms with Crippen molar-refractivity contribution in [2.24, 2.45) is 0 Å². The molecule has 0 spiro atoms. The van der Waals surface area contributed by atoms with E-state index in [1.165, 1.54) is 0 Å². The van der Waals surface area contributed by atoms with Crippen molar-refractivity contribution in [3.05, 3.63) is 0 Å². The van der Waals surface area contributed by atoms with Crippen molar-refractivity contribution in [2.45, 2.75) is 25.9 Å². The van der Waals surface area contributed by atoms with Crippen LogP contribution in [0.25, 0.3) is 0 Å². The lowest BCUT2D eigenvalue weighted by molar-refractivity contribution is -0.154. The van der Waals surface area contributed by atoms with Crippen LogP contribution in [0.2, 0.25) is 0 Å². The molecule has 0 rings (SSSR count). The second-order valence-electron chi connectivity index (χ2n) is 4.07. The third-order valence-electron chi connectivity index (χ3n) is 3.00. The minimum Gasteiger partial charge on any atom is -0.383 e. The van der Waals surface area contributed by atoms with Gasteiger partial charge in [-0.2, -0.15) is 0 Å². The molecule has 1 unspecified atom stereocenters. The summed E-state index contributed by atoms with van der Waals surface area (Å²) in [7, 11) is 4.80. The van der Waals surface area contributed by atoms with Gasteiger partial charge in [-0.15, -0.1) is 0 Å². The van der Waals surface area contributed by atoms with E-state index in [4.69, 9.17) is 14.2 Å². The highest BCUT2D eigenvalue weighted by Crippen LogP contribution is 2.17. The van der Waals surface area contributed by atoms with Gasteiger partial charge < -0.3 is 19.1 Å². The molecule has 0 saturated carbocycles. The van der Waals surface area contributed by atoms with Crippen molar-refractivity contribution >= 4 is 5.91 Å². The SMILES string of the molecule is CCC(C)(OC)C(=O)N(CCOC)CCOC. The quantitative estimate of drug-likeness (QED) is 0.608. The summed E-state index contributed by atoms with van der Waals surface area (Å²) >= 11 is 0. The summed E-state index contributed by atoms with van der Waals surface area (Å²) in [4.78, 5) is 14.1. The highest BCUT2D eigenvalue weighted by atomic mass is 16.5. The Morgan fingerprint density at radius 2 is 1.59 bits per heavy atom. The normalized spacial score (nSPS) is 14.4. The Kier molecular flexibility index (Phi) is 8.12. The number of carbonyl (C=O) groups is 1. The minimum absolute atomic E-state index is 0.0170. The van der Waals surface area contributed by atoms with Crippen LogP contribution in [0.15, 0.2) is 0 Å². The third-order valence-corrected chi connectivity index (χ3v) is 3.00. The van der Waals surface area contributed by atoms with E-state index in [0.717, 1.165) is 0 Å². The highest BCUT2D eigenvalue weighted by molar-refractivity contribution is 5.84. The Balaban J connectivity index is 4.59. The Hall–Kier alpha value is -0.650. The van der Waals surface area contributed by atoms with Crippen LogP contribution < -0.4 is 0 Å². The van der Waals surface area contributed by atoms with E-state index in [1.54, 1.807) is 26.2 Å². The molecule has 0 bridgehead atoms. The Bertz CT molecular complexity index is 209. The summed E-state index contributed by atoms with van der Waals surface area (Å²) in [6, 6.07) is 0. The predicted octanol–water partition coefficient (Wildman–Crippen LogP) is 0.923. The van der Waals surface area contributed by atoms with Crippen LogP contribution in [0.5, 0.6) is 0 Å². The van der Waals surface area contributed by atoms with Crippen molar-refractivity contribution < 1.29 is 19.0 Å². The first-order chi connectivity index (χ1) is 8.05. The lowest BCUT2D eigenvalue weighted by Crippen LogP contribution is -2.50. The number of amides is 1. The standard InChI is InChI=1S/C12H25NO4/c1-6-12(2,17-5)11(14)13(7-9-15-3)8-10-16-4/h6-10H2,1-5H3. The smallest absolute Gasteiger partial charge is 0.254 e. The van der Waals surface area contributed by atoms with Gasteiger partial charge in [-0.1, -0.05) is 6.92 Å². The molecule has 0 heterocycles. The fraction of sp³-hybridized carbons (Fsp3) is 0.917. The number of carbonyl (C=O) groups excluding carboxylic acids is 1. The van der Waals surface area contributed by atoms with Crippen molar-refractivity contribution in [2.75, 3.05) is 47.6 Å². The first-order valence-electron chi connectivity index (χ1n) is 5.88. The van der Waals surface area contributed by atoms with Gasteiger partial charge in [-0.3, -0.25) is 4.79 Å². The number of hydrogen-bond donors (Lipinski definition) is 0. The lowest BCUT2D eigenvalue weighted by Gasteiger charge is -2.32. The molecule has 0 radical (unpaired) electrons. The van der Waals surface area contributed by atoms with E-state index >= 15 is 0 Å². The van der Waals surface area contributed by atoms with Crippen LogP contribution in [0, 0.1) is 0 Å². The van der Waals surface area contributed by atoms with Gasteiger partial charge >= 0.3 is 0 Å². The van der Waals surface area contributed by atoms with Gasteiger partial charge in [0, 0.05) is 34.4 Å². The Morgan fingerprint density at radius 1 is 1.12 bits per heavy atom. The summed E-state index contributed by atoms with van der Waals surface area (Å²) in [5.74, 6) is -0.0170. The van der Waals surface area contributed by atoms with Gasteiger partial charge in [0.15, 0.2) is 0 Å². The zero-order valence-corrected chi connectivity index (χ0v) is 11.6. The van der Waals surface area contributed by atoms with Crippen LogP contribution in [-0.2, 0) is 19.0 Å². The van der Waals surface area contributed by atoms with Gasteiger partial charge in [-0.25, -0.2) is 0 Å². The molecule has 0 aliphatic rings. The summed E-state index contributed by atoms with van der Waals surface area (Å²) in [5, 5.41) is 0. The van der Waals surface area contributed by atoms with Crippen LogP contribution in [0.4, 0.5) is 0 Å². The Labute approximate surface area is 104 Å². The summed E-state index contributed by atoms with van der Waals surface area (Å²) in [6.07, 6.45) is 0.638. The highest BCUT2D eigenvalue weighted by Gasteiger charge is 2.34. The van der Waals surface area contributed by atoms with E-state index in [2.05, 4.69) is 0 Å². The molecule has 5 nitrogen and oxygen atoms in total. The van der Waals surface area contributed by atoms with Gasteiger partial charge in [0.05, 0.1) is 13.2 Å². The van der Waals surface area contributed by atoms with E-state index in [1.807, 2.05) is 13.8 Å². The fourth-order valence-electron chi connectivity index (χ4n) is 1.44. The number of rotatable bonds is 9.